The first kappa shape index (κ1) is 19.1. The van der Waals surface area contributed by atoms with Gasteiger partial charge in [-0.25, -0.2) is 0 Å². The first-order valence-electron chi connectivity index (χ1n) is 8.38. The van der Waals surface area contributed by atoms with Gasteiger partial charge in [0.25, 0.3) is 0 Å². The minimum atomic E-state index is 0.750. The first-order valence-corrected chi connectivity index (χ1v) is 8.78. The van der Waals surface area contributed by atoms with Crippen molar-refractivity contribution in [2.45, 2.75) is 19.4 Å². The van der Waals surface area contributed by atoms with Crippen LogP contribution in [0.3, 0.4) is 0 Å². The van der Waals surface area contributed by atoms with Gasteiger partial charge in [-0.05, 0) is 48.3 Å². The molecule has 134 valence electrons. The minimum Gasteiger partial charge on any atom is -0.493 e. The fourth-order valence-corrected chi connectivity index (χ4v) is 2.73. The standard InChI is InChI=1S/C20H26N2O2S/c1-22(20(25)21-15-17-8-5-4-6-9-17)13-7-10-16-11-12-18(23-2)19(14-16)24-3/h4-6,8-9,11-12,14H,7,10,13,15H2,1-3H3,(H,21,25). The van der Waals surface area contributed by atoms with Crippen LogP contribution in [0.25, 0.3) is 0 Å². The number of hydrogen-bond donors (Lipinski definition) is 1. The molecule has 1 N–H and O–H groups in total. The van der Waals surface area contributed by atoms with Crippen LogP contribution >= 0.6 is 12.2 Å². The van der Waals surface area contributed by atoms with Crippen LogP contribution < -0.4 is 14.8 Å². The number of thiocarbonyl (C=S) groups is 1. The summed E-state index contributed by atoms with van der Waals surface area (Å²) >= 11 is 5.46. The van der Waals surface area contributed by atoms with E-state index in [1.165, 1.54) is 11.1 Å². The zero-order chi connectivity index (χ0) is 18.1. The monoisotopic (exact) mass is 358 g/mol. The van der Waals surface area contributed by atoms with Gasteiger partial charge in [-0.2, -0.15) is 0 Å². The summed E-state index contributed by atoms with van der Waals surface area (Å²) in [4.78, 5) is 2.08. The van der Waals surface area contributed by atoms with Gasteiger partial charge in [0.15, 0.2) is 16.6 Å². The number of benzene rings is 2. The average molecular weight is 359 g/mol. The van der Waals surface area contributed by atoms with E-state index < -0.39 is 0 Å². The fourth-order valence-electron chi connectivity index (χ4n) is 2.57. The normalized spacial score (nSPS) is 10.2. The van der Waals surface area contributed by atoms with Gasteiger partial charge in [0.1, 0.15) is 0 Å². The summed E-state index contributed by atoms with van der Waals surface area (Å²) < 4.78 is 10.6. The maximum Gasteiger partial charge on any atom is 0.168 e. The molecule has 0 unspecified atom stereocenters. The van der Waals surface area contributed by atoms with Crippen LogP contribution in [0.1, 0.15) is 17.5 Å². The summed E-state index contributed by atoms with van der Waals surface area (Å²) in [5.41, 5.74) is 2.46. The van der Waals surface area contributed by atoms with E-state index in [2.05, 4.69) is 28.4 Å². The molecule has 0 aliphatic carbocycles. The van der Waals surface area contributed by atoms with Crippen molar-refractivity contribution < 1.29 is 9.47 Å². The van der Waals surface area contributed by atoms with Gasteiger partial charge in [-0.15, -0.1) is 0 Å². The molecule has 0 fully saturated rings. The second-order valence-corrected chi connectivity index (χ2v) is 6.25. The van der Waals surface area contributed by atoms with Crippen molar-refractivity contribution in [3.8, 4) is 11.5 Å². The number of rotatable bonds is 8. The average Bonchev–Trinajstić information content (AvgIpc) is 2.66. The molecule has 0 aliphatic rings. The Morgan fingerprint density at radius 1 is 1.00 bits per heavy atom. The van der Waals surface area contributed by atoms with Crippen molar-refractivity contribution in [2.24, 2.45) is 0 Å². The lowest BCUT2D eigenvalue weighted by Crippen LogP contribution is -2.37. The quantitative estimate of drug-likeness (QED) is 0.729. The fraction of sp³-hybridized carbons (Fsp3) is 0.350. The van der Waals surface area contributed by atoms with Crippen molar-refractivity contribution in [1.29, 1.82) is 0 Å². The topological polar surface area (TPSA) is 33.7 Å². The van der Waals surface area contributed by atoms with Crippen LogP contribution in [0.2, 0.25) is 0 Å². The van der Waals surface area contributed by atoms with Gasteiger partial charge in [0, 0.05) is 20.1 Å². The summed E-state index contributed by atoms with van der Waals surface area (Å²) in [6, 6.07) is 16.3. The van der Waals surface area contributed by atoms with Gasteiger partial charge in [-0.3, -0.25) is 0 Å². The van der Waals surface area contributed by atoms with Crippen molar-refractivity contribution >= 4 is 17.3 Å². The molecule has 0 saturated carbocycles. The van der Waals surface area contributed by atoms with E-state index in [0.717, 1.165) is 42.5 Å². The summed E-state index contributed by atoms with van der Waals surface area (Å²) in [7, 11) is 5.33. The molecular formula is C20H26N2O2S. The highest BCUT2D eigenvalue weighted by molar-refractivity contribution is 7.80. The number of hydrogen-bond acceptors (Lipinski definition) is 3. The molecule has 0 bridgehead atoms. The van der Waals surface area contributed by atoms with Crippen LogP contribution in [0.4, 0.5) is 0 Å². The Hall–Kier alpha value is -2.27. The molecule has 5 heteroatoms. The Morgan fingerprint density at radius 3 is 2.40 bits per heavy atom. The lowest BCUT2D eigenvalue weighted by atomic mass is 10.1. The second kappa shape index (κ2) is 9.89. The molecule has 0 atom stereocenters. The molecule has 2 aromatic rings. The van der Waals surface area contributed by atoms with Gasteiger partial charge < -0.3 is 19.7 Å². The predicted octanol–water partition coefficient (Wildman–Crippen LogP) is 3.64. The Labute approximate surface area is 155 Å². The molecule has 25 heavy (non-hydrogen) atoms. The van der Waals surface area contributed by atoms with Crippen LogP contribution in [0.5, 0.6) is 11.5 Å². The van der Waals surface area contributed by atoms with Crippen molar-refractivity contribution in [1.82, 2.24) is 10.2 Å². The number of aryl methyl sites for hydroxylation is 1. The second-order valence-electron chi connectivity index (χ2n) is 5.86. The van der Waals surface area contributed by atoms with E-state index in [1.807, 2.05) is 37.4 Å². The molecule has 0 heterocycles. The smallest absolute Gasteiger partial charge is 0.168 e. The molecule has 0 aromatic heterocycles. The Kier molecular flexibility index (Phi) is 7.54. The molecular weight excluding hydrogens is 332 g/mol. The molecule has 0 aliphatic heterocycles. The number of ether oxygens (including phenoxy) is 2. The Balaban J connectivity index is 1.76. The number of nitrogens with one attached hydrogen (secondary N) is 1. The van der Waals surface area contributed by atoms with Crippen molar-refractivity contribution in [2.75, 3.05) is 27.8 Å². The molecule has 0 saturated heterocycles. The summed E-state index contributed by atoms with van der Waals surface area (Å²) in [6.07, 6.45) is 1.98. The zero-order valence-corrected chi connectivity index (χ0v) is 15.9. The largest absolute Gasteiger partial charge is 0.493 e. The Bertz CT molecular complexity index is 677. The van der Waals surface area contributed by atoms with E-state index in [0.29, 0.717) is 0 Å². The summed E-state index contributed by atoms with van der Waals surface area (Å²) in [5.74, 6) is 1.53. The lowest BCUT2D eigenvalue weighted by molar-refractivity contribution is 0.354. The summed E-state index contributed by atoms with van der Waals surface area (Å²) in [5, 5.41) is 4.08. The maximum absolute atomic E-state index is 5.46. The predicted molar refractivity (Wildman–Crippen MR) is 106 cm³/mol. The van der Waals surface area contributed by atoms with E-state index in [9.17, 15) is 0 Å². The van der Waals surface area contributed by atoms with E-state index in [1.54, 1.807) is 14.2 Å². The minimum absolute atomic E-state index is 0.750. The maximum atomic E-state index is 5.46. The highest BCUT2D eigenvalue weighted by Gasteiger charge is 2.07. The van der Waals surface area contributed by atoms with Gasteiger partial charge in [-0.1, -0.05) is 36.4 Å². The highest BCUT2D eigenvalue weighted by atomic mass is 32.1. The molecule has 0 amide bonds. The summed E-state index contributed by atoms with van der Waals surface area (Å²) in [6.45, 7) is 1.65. The third kappa shape index (κ3) is 5.94. The molecule has 2 aromatic carbocycles. The van der Waals surface area contributed by atoms with Crippen LogP contribution in [0, 0.1) is 0 Å². The molecule has 2 rings (SSSR count). The highest BCUT2D eigenvalue weighted by Crippen LogP contribution is 2.27. The zero-order valence-electron chi connectivity index (χ0n) is 15.1. The van der Waals surface area contributed by atoms with Gasteiger partial charge in [0.2, 0.25) is 0 Å². The SMILES string of the molecule is COc1ccc(CCCN(C)C(=S)NCc2ccccc2)cc1OC. The molecule has 0 spiro atoms. The third-order valence-electron chi connectivity index (χ3n) is 4.04. The number of nitrogens with zero attached hydrogens (tertiary/aromatic N) is 1. The van der Waals surface area contributed by atoms with Crippen molar-refractivity contribution in [3.05, 3.63) is 59.7 Å². The van der Waals surface area contributed by atoms with Crippen LogP contribution in [0.15, 0.2) is 48.5 Å². The van der Waals surface area contributed by atoms with Crippen LogP contribution in [-0.2, 0) is 13.0 Å². The van der Waals surface area contributed by atoms with Gasteiger partial charge in [0.05, 0.1) is 14.2 Å². The Morgan fingerprint density at radius 2 is 1.72 bits per heavy atom. The number of methoxy groups -OCH3 is 2. The van der Waals surface area contributed by atoms with E-state index >= 15 is 0 Å². The lowest BCUT2D eigenvalue weighted by Gasteiger charge is -2.21. The van der Waals surface area contributed by atoms with E-state index in [4.69, 9.17) is 21.7 Å². The first-order chi connectivity index (χ1) is 12.1. The third-order valence-corrected chi connectivity index (χ3v) is 4.50. The molecule has 4 nitrogen and oxygen atoms in total. The van der Waals surface area contributed by atoms with E-state index in [-0.39, 0.29) is 0 Å². The van der Waals surface area contributed by atoms with Crippen molar-refractivity contribution in [3.63, 3.8) is 0 Å². The van der Waals surface area contributed by atoms with Crippen LogP contribution in [-0.4, -0.2) is 37.8 Å². The van der Waals surface area contributed by atoms with Gasteiger partial charge >= 0.3 is 0 Å². The molecule has 0 radical (unpaired) electrons.